The molecule has 5 aromatic carbocycles. The Bertz CT molecular complexity index is 1570. The summed E-state index contributed by atoms with van der Waals surface area (Å²) in [5.74, 6) is -0.483. The highest BCUT2D eigenvalue weighted by Crippen LogP contribution is 2.40. The summed E-state index contributed by atoms with van der Waals surface area (Å²) in [6.45, 7) is 0. The highest BCUT2D eigenvalue weighted by atomic mass is 31.1. The summed E-state index contributed by atoms with van der Waals surface area (Å²) in [5.41, 5.74) is 1.71. The van der Waals surface area contributed by atoms with Crippen molar-refractivity contribution in [2.45, 2.75) is 0 Å². The van der Waals surface area contributed by atoms with Crippen LogP contribution in [0.4, 0.5) is 0 Å². The van der Waals surface area contributed by atoms with Crippen LogP contribution in [0.3, 0.4) is 0 Å². The number of benzene rings is 5. The SMILES string of the molecule is O=C(Op1oc2ccc3ccccc3c2c2c(ccc3ccccc32)o1)c1ccccc1. The van der Waals surface area contributed by atoms with Gasteiger partial charge in [-0.3, -0.25) is 0 Å². The van der Waals surface area contributed by atoms with E-state index in [1.807, 2.05) is 54.6 Å². The molecule has 6 rings (SSSR count). The molecule has 0 saturated carbocycles. The molecule has 0 aliphatic heterocycles. The number of fused-ring (bicyclic) bond motifs is 7. The topological polar surface area (TPSA) is 52.6 Å². The van der Waals surface area contributed by atoms with Crippen LogP contribution in [0, 0.1) is 0 Å². The molecule has 4 nitrogen and oxygen atoms in total. The zero-order chi connectivity index (χ0) is 21.5. The van der Waals surface area contributed by atoms with Crippen molar-refractivity contribution in [1.29, 1.82) is 0 Å². The van der Waals surface area contributed by atoms with Gasteiger partial charge in [0.25, 0.3) is 0 Å². The van der Waals surface area contributed by atoms with Crippen molar-refractivity contribution in [1.82, 2.24) is 0 Å². The van der Waals surface area contributed by atoms with Crippen molar-refractivity contribution in [2.75, 3.05) is 0 Å². The first kappa shape index (κ1) is 18.7. The molecule has 1 aromatic heterocycles. The molecule has 1 heterocycles. The summed E-state index contributed by atoms with van der Waals surface area (Å²) < 4.78 is 18.1. The quantitative estimate of drug-likeness (QED) is 0.277. The molecule has 154 valence electrons. The van der Waals surface area contributed by atoms with Gasteiger partial charge in [0.15, 0.2) is 0 Å². The Labute approximate surface area is 184 Å². The molecule has 0 N–H and O–H groups in total. The Morgan fingerprint density at radius 3 is 1.66 bits per heavy atom. The second-order valence-electron chi connectivity index (χ2n) is 7.47. The van der Waals surface area contributed by atoms with Crippen LogP contribution in [0.2, 0.25) is 0 Å². The van der Waals surface area contributed by atoms with Gasteiger partial charge in [-0.05, 0) is 45.8 Å². The van der Waals surface area contributed by atoms with Crippen molar-refractivity contribution in [3.63, 3.8) is 0 Å². The van der Waals surface area contributed by atoms with E-state index in [0.717, 1.165) is 32.3 Å². The largest absolute Gasteiger partial charge is 0.455 e. The fourth-order valence-corrected chi connectivity index (χ4v) is 5.06. The molecule has 0 aliphatic carbocycles. The molecule has 0 bridgehead atoms. The lowest BCUT2D eigenvalue weighted by Gasteiger charge is -2.05. The fraction of sp³-hybridized carbons (Fsp3) is 0. The van der Waals surface area contributed by atoms with Crippen molar-refractivity contribution in [2.24, 2.45) is 0 Å². The van der Waals surface area contributed by atoms with E-state index in [1.165, 1.54) is 0 Å². The smallest absolute Gasteiger partial charge is 0.390 e. The molecule has 0 saturated heterocycles. The Morgan fingerprint density at radius 2 is 1.09 bits per heavy atom. The number of hydrogen-bond donors (Lipinski definition) is 0. The molecule has 0 amide bonds. The van der Waals surface area contributed by atoms with Crippen LogP contribution in [0.1, 0.15) is 10.4 Å². The first-order chi connectivity index (χ1) is 15.8. The molecule has 6 aromatic rings. The summed E-state index contributed by atoms with van der Waals surface area (Å²) in [5, 5.41) is 6.18. The van der Waals surface area contributed by atoms with Gasteiger partial charge in [-0.2, -0.15) is 0 Å². The highest BCUT2D eigenvalue weighted by Gasteiger charge is 2.16. The molecule has 0 atom stereocenters. The Morgan fingerprint density at radius 1 is 0.594 bits per heavy atom. The van der Waals surface area contributed by atoms with Gasteiger partial charge in [-0.1, -0.05) is 78.9 Å². The predicted molar refractivity (Wildman–Crippen MR) is 129 cm³/mol. The number of rotatable bonds is 2. The second-order valence-corrected chi connectivity index (χ2v) is 8.47. The third kappa shape index (κ3) is 3.13. The second kappa shape index (κ2) is 7.60. The monoisotopic (exact) mass is 436 g/mol. The molecular formula is C27H17O4P. The Hall–Kier alpha value is -4.01. The minimum Gasteiger partial charge on any atom is -0.390 e. The zero-order valence-corrected chi connectivity index (χ0v) is 17.8. The summed E-state index contributed by atoms with van der Waals surface area (Å²) in [7, 11) is -1.99. The molecule has 0 spiro atoms. The maximum atomic E-state index is 12.7. The molecule has 0 radical (unpaired) electrons. The van der Waals surface area contributed by atoms with Crippen molar-refractivity contribution >= 4 is 57.7 Å². The van der Waals surface area contributed by atoms with E-state index < -0.39 is 14.2 Å². The van der Waals surface area contributed by atoms with Gasteiger partial charge in [0, 0.05) is 10.8 Å². The average molecular weight is 436 g/mol. The summed E-state index contributed by atoms with van der Waals surface area (Å²) in [6, 6.07) is 33.1. The van der Waals surface area contributed by atoms with E-state index in [4.69, 9.17) is 12.9 Å². The van der Waals surface area contributed by atoms with Crippen molar-refractivity contribution in [3.8, 4) is 0 Å². The van der Waals surface area contributed by atoms with Gasteiger partial charge >= 0.3 is 14.2 Å². The Kier molecular flexibility index (Phi) is 4.45. The molecule has 32 heavy (non-hydrogen) atoms. The standard InChI is InChI=1S/C27H17O4P/c28-27(20-10-2-1-3-11-20)31-32-29-23-16-14-18-8-4-6-12-21(18)25(23)26-22-13-7-5-9-19(22)15-17-24(26)30-32/h1-17H. The predicted octanol–water partition coefficient (Wildman–Crippen LogP) is 7.87. The number of carbonyl (C=O) groups is 1. The lowest BCUT2D eigenvalue weighted by Crippen LogP contribution is -2.05. The molecule has 0 fully saturated rings. The van der Waals surface area contributed by atoms with E-state index in [-0.39, 0.29) is 0 Å². The maximum Gasteiger partial charge on any atom is 0.455 e. The normalized spacial score (nSPS) is 11.2. The summed E-state index contributed by atoms with van der Waals surface area (Å²) >= 11 is 0. The number of hydrogen-bond acceptors (Lipinski definition) is 4. The van der Waals surface area contributed by atoms with E-state index in [2.05, 4.69) is 24.3 Å². The van der Waals surface area contributed by atoms with Crippen molar-refractivity contribution < 1.29 is 17.7 Å². The van der Waals surface area contributed by atoms with E-state index >= 15 is 0 Å². The zero-order valence-electron chi connectivity index (χ0n) is 16.9. The third-order valence-electron chi connectivity index (χ3n) is 5.54. The van der Waals surface area contributed by atoms with Crippen LogP contribution in [0.15, 0.2) is 112 Å². The summed E-state index contributed by atoms with van der Waals surface area (Å²) in [6.07, 6.45) is 0. The van der Waals surface area contributed by atoms with E-state index in [1.54, 1.807) is 24.3 Å². The van der Waals surface area contributed by atoms with Gasteiger partial charge in [0.1, 0.15) is 11.2 Å². The van der Waals surface area contributed by atoms with E-state index in [0.29, 0.717) is 16.7 Å². The van der Waals surface area contributed by atoms with Crippen LogP contribution >= 0.6 is 8.24 Å². The number of carbonyl (C=O) groups excluding carboxylic acids is 1. The fourth-order valence-electron chi connectivity index (χ4n) is 4.08. The van der Waals surface area contributed by atoms with Gasteiger partial charge in [0.2, 0.25) is 0 Å². The van der Waals surface area contributed by atoms with Crippen LogP contribution in [-0.4, -0.2) is 5.97 Å². The lowest BCUT2D eigenvalue weighted by atomic mass is 9.99. The average Bonchev–Trinajstić information content (AvgIpc) is 3.01. The van der Waals surface area contributed by atoms with Crippen LogP contribution in [0.5, 0.6) is 0 Å². The molecular weight excluding hydrogens is 419 g/mol. The minimum absolute atomic E-state index is 0.448. The third-order valence-corrected chi connectivity index (χ3v) is 6.55. The van der Waals surface area contributed by atoms with Gasteiger partial charge in [-0.25, -0.2) is 4.79 Å². The lowest BCUT2D eigenvalue weighted by molar-refractivity contribution is 0.0791. The first-order valence-corrected chi connectivity index (χ1v) is 11.3. The van der Waals surface area contributed by atoms with E-state index in [9.17, 15) is 4.79 Å². The highest BCUT2D eigenvalue weighted by molar-refractivity contribution is 7.32. The van der Waals surface area contributed by atoms with Gasteiger partial charge in [0.05, 0.1) is 5.56 Å². The Balaban J connectivity index is 1.71. The molecule has 0 unspecified atom stereocenters. The maximum absolute atomic E-state index is 12.7. The van der Waals surface area contributed by atoms with Crippen LogP contribution < -0.4 is 4.52 Å². The molecule has 5 heteroatoms. The van der Waals surface area contributed by atoms with Crippen LogP contribution in [0.25, 0.3) is 43.5 Å². The summed E-state index contributed by atoms with van der Waals surface area (Å²) in [4.78, 5) is 12.7. The van der Waals surface area contributed by atoms with Gasteiger partial charge in [-0.15, -0.1) is 0 Å². The van der Waals surface area contributed by atoms with Gasteiger partial charge < -0.3 is 12.9 Å². The molecule has 0 aliphatic rings. The van der Waals surface area contributed by atoms with Crippen molar-refractivity contribution in [3.05, 3.63) is 109 Å². The first-order valence-electron chi connectivity index (χ1n) is 10.3. The van der Waals surface area contributed by atoms with Crippen LogP contribution in [-0.2, 0) is 0 Å². The minimum atomic E-state index is -1.99.